The Morgan fingerprint density at radius 1 is 0.559 bits per heavy atom. The summed E-state index contributed by atoms with van der Waals surface area (Å²) in [5, 5.41) is 34.3. The molecule has 16 heteroatoms. The number of carboxylic acids is 4. The van der Waals surface area contributed by atoms with Gasteiger partial charge in [-0.2, -0.15) is 0 Å². The number of hydrogen-bond acceptors (Lipinski definition) is 6. The molecular weight excluding hydrogens is 490 g/mol. The van der Waals surface area contributed by atoms with E-state index in [-0.39, 0.29) is 0 Å². The third-order valence-electron chi connectivity index (χ3n) is 3.37. The first kappa shape index (κ1) is 27.5. The van der Waals surface area contributed by atoms with Gasteiger partial charge in [-0.25, -0.2) is 19.2 Å². The van der Waals surface area contributed by atoms with Crippen molar-refractivity contribution in [3.63, 3.8) is 0 Å². The molecule has 2 aromatic carbocycles. The van der Waals surface area contributed by atoms with Gasteiger partial charge in [0.1, 0.15) is 22.6 Å². The fraction of sp³-hybridized carbons (Fsp3) is 0.111. The van der Waals surface area contributed by atoms with Gasteiger partial charge in [0, 0.05) is 0 Å². The maximum absolute atomic E-state index is 12.0. The van der Waals surface area contributed by atoms with Crippen LogP contribution in [-0.4, -0.2) is 57.0 Å². The highest BCUT2D eigenvalue weighted by Gasteiger charge is 2.34. The lowest BCUT2D eigenvalue weighted by Gasteiger charge is -2.11. The molecule has 0 fully saturated rings. The van der Waals surface area contributed by atoms with E-state index in [1.54, 1.807) is 0 Å². The van der Waals surface area contributed by atoms with Crippen molar-refractivity contribution in [3.05, 3.63) is 58.7 Å². The van der Waals surface area contributed by atoms with Crippen molar-refractivity contribution in [2.45, 2.75) is 12.7 Å². The van der Waals surface area contributed by atoms with Crippen LogP contribution in [0.3, 0.4) is 0 Å². The van der Waals surface area contributed by atoms with Crippen LogP contribution in [0.2, 0.25) is 0 Å². The van der Waals surface area contributed by atoms with Crippen molar-refractivity contribution in [1.29, 1.82) is 0 Å². The zero-order valence-corrected chi connectivity index (χ0v) is 16.0. The Bertz CT molecular complexity index is 1020. The molecule has 0 unspecified atom stereocenters. The molecule has 2 rings (SSSR count). The molecule has 10 nitrogen and oxygen atoms in total. The number of rotatable bonds is 6. The second-order valence-electron chi connectivity index (χ2n) is 5.74. The Hall–Kier alpha value is -4.50. The minimum Gasteiger partial charge on any atom is -0.478 e. The van der Waals surface area contributed by atoms with Crippen LogP contribution in [0, 0.1) is 0 Å². The average Bonchev–Trinajstić information content (AvgIpc) is 2.65. The second-order valence-corrected chi connectivity index (χ2v) is 5.74. The number of alkyl halides is 6. The molecule has 0 heterocycles. The predicted octanol–water partition coefficient (Wildman–Crippen LogP) is 3.96. The van der Waals surface area contributed by atoms with Gasteiger partial charge in [-0.15, -0.1) is 26.3 Å². The van der Waals surface area contributed by atoms with Crippen molar-refractivity contribution in [3.8, 4) is 11.5 Å². The van der Waals surface area contributed by atoms with E-state index in [0.717, 1.165) is 24.3 Å². The van der Waals surface area contributed by atoms with Crippen LogP contribution < -0.4 is 9.47 Å². The van der Waals surface area contributed by atoms with E-state index in [0.29, 0.717) is 12.1 Å². The lowest BCUT2D eigenvalue weighted by molar-refractivity contribution is -0.275. The molecule has 0 aliphatic heterocycles. The third kappa shape index (κ3) is 8.56. The lowest BCUT2D eigenvalue weighted by atomic mass is 10.1. The number of hydrogen-bond donors (Lipinski definition) is 4. The molecule has 184 valence electrons. The minimum atomic E-state index is -5.10. The largest absolute Gasteiger partial charge is 0.573 e. The van der Waals surface area contributed by atoms with Crippen LogP contribution in [0.15, 0.2) is 36.4 Å². The zero-order chi connectivity index (χ0) is 26.4. The molecule has 0 saturated carbocycles. The number of halogens is 6. The topological polar surface area (TPSA) is 168 Å². The number of aromatic carboxylic acids is 4. The van der Waals surface area contributed by atoms with Crippen LogP contribution in [0.1, 0.15) is 41.4 Å². The maximum atomic E-state index is 12.0. The monoisotopic (exact) mass is 500 g/mol. The van der Waals surface area contributed by atoms with Gasteiger partial charge in [0.15, 0.2) is 0 Å². The Kier molecular flexibility index (Phi) is 8.43. The Morgan fingerprint density at radius 2 is 0.853 bits per heavy atom. The fourth-order valence-electron chi connectivity index (χ4n) is 2.08. The first-order chi connectivity index (χ1) is 15.4. The van der Waals surface area contributed by atoms with Crippen molar-refractivity contribution in [1.82, 2.24) is 0 Å². The molecule has 2 aromatic rings. The molecule has 0 amide bonds. The van der Waals surface area contributed by atoms with Gasteiger partial charge in [-0.05, 0) is 36.4 Å². The summed E-state index contributed by atoms with van der Waals surface area (Å²) in [7, 11) is 0. The molecule has 0 aliphatic carbocycles. The smallest absolute Gasteiger partial charge is 0.478 e. The first-order valence-electron chi connectivity index (χ1n) is 8.14. The highest BCUT2D eigenvalue weighted by atomic mass is 19.4. The summed E-state index contributed by atoms with van der Waals surface area (Å²) in [6.07, 6.45) is -10.2. The SMILES string of the molecule is O=C(O)c1ccc(C(=O)O)c(OC(F)(F)F)c1.O=C(O)c1ccc(C(=O)O)c(OC(F)(F)F)c1. The molecule has 0 saturated heterocycles. The summed E-state index contributed by atoms with van der Waals surface area (Å²) in [6.45, 7) is 0. The van der Waals surface area contributed by atoms with E-state index >= 15 is 0 Å². The van der Waals surface area contributed by atoms with Crippen LogP contribution in [-0.2, 0) is 0 Å². The van der Waals surface area contributed by atoms with E-state index in [4.69, 9.17) is 20.4 Å². The summed E-state index contributed by atoms with van der Waals surface area (Å²) < 4.78 is 78.6. The van der Waals surface area contributed by atoms with E-state index in [2.05, 4.69) is 9.47 Å². The van der Waals surface area contributed by atoms with E-state index in [9.17, 15) is 45.5 Å². The fourth-order valence-corrected chi connectivity index (χ4v) is 2.08. The molecule has 0 bridgehead atoms. The molecule has 0 radical (unpaired) electrons. The van der Waals surface area contributed by atoms with Crippen molar-refractivity contribution >= 4 is 23.9 Å². The maximum Gasteiger partial charge on any atom is 0.573 e. The van der Waals surface area contributed by atoms with Gasteiger partial charge >= 0.3 is 36.6 Å². The molecule has 4 N–H and O–H groups in total. The predicted molar refractivity (Wildman–Crippen MR) is 94.1 cm³/mol. The Balaban J connectivity index is 0.000000340. The summed E-state index contributed by atoms with van der Waals surface area (Å²) in [5.74, 6) is -8.42. The van der Waals surface area contributed by atoms with Gasteiger partial charge in [0.05, 0.1) is 11.1 Å². The Morgan fingerprint density at radius 3 is 1.06 bits per heavy atom. The first-order valence-corrected chi connectivity index (χ1v) is 8.14. The molecular formula is C18H10F6O10. The standard InChI is InChI=1S/2C9H5F3O5/c2*10-9(11,12)17-6-3-4(7(13)14)1-2-5(6)8(15)16/h2*1-3H,(H,13,14)(H,15,16). The summed E-state index contributed by atoms with van der Waals surface area (Å²) >= 11 is 0. The van der Waals surface area contributed by atoms with Gasteiger partial charge in [-0.1, -0.05) is 0 Å². The highest BCUT2D eigenvalue weighted by molar-refractivity contribution is 5.95. The Labute approximate surface area is 183 Å². The van der Waals surface area contributed by atoms with Crippen LogP contribution in [0.4, 0.5) is 26.3 Å². The average molecular weight is 500 g/mol. The molecule has 0 spiro atoms. The molecule has 34 heavy (non-hydrogen) atoms. The molecule has 0 aliphatic rings. The number of ether oxygens (including phenoxy) is 2. The van der Waals surface area contributed by atoms with Crippen molar-refractivity contribution in [2.24, 2.45) is 0 Å². The van der Waals surface area contributed by atoms with Crippen LogP contribution >= 0.6 is 0 Å². The number of benzene rings is 2. The van der Waals surface area contributed by atoms with Gasteiger partial charge in [0.2, 0.25) is 0 Å². The molecule has 0 aromatic heterocycles. The van der Waals surface area contributed by atoms with Crippen LogP contribution in [0.5, 0.6) is 11.5 Å². The quantitative estimate of drug-likeness (QED) is 0.426. The summed E-state index contributed by atoms with van der Waals surface area (Å²) in [4.78, 5) is 42.2. The van der Waals surface area contributed by atoms with E-state index in [1.807, 2.05) is 0 Å². The van der Waals surface area contributed by atoms with Gasteiger partial charge in [0.25, 0.3) is 0 Å². The normalized spacial score (nSPS) is 11.0. The number of carbonyl (C=O) groups is 4. The summed E-state index contributed by atoms with van der Waals surface area (Å²) in [6, 6.07) is 4.20. The van der Waals surface area contributed by atoms with Crippen LogP contribution in [0.25, 0.3) is 0 Å². The lowest BCUT2D eigenvalue weighted by Crippen LogP contribution is -2.19. The van der Waals surface area contributed by atoms with E-state index in [1.165, 1.54) is 0 Å². The van der Waals surface area contributed by atoms with Crippen molar-refractivity contribution in [2.75, 3.05) is 0 Å². The zero-order valence-electron chi connectivity index (χ0n) is 16.0. The number of carboxylic acid groups (broad SMARTS) is 4. The summed E-state index contributed by atoms with van der Waals surface area (Å²) in [5.41, 5.74) is -2.55. The van der Waals surface area contributed by atoms with Gasteiger partial charge in [-0.3, -0.25) is 0 Å². The minimum absolute atomic E-state index is 0.499. The second kappa shape index (κ2) is 10.4. The third-order valence-corrected chi connectivity index (χ3v) is 3.37. The van der Waals surface area contributed by atoms with E-state index < -0.39 is 70.4 Å². The highest BCUT2D eigenvalue weighted by Crippen LogP contribution is 2.28. The molecule has 0 atom stereocenters. The van der Waals surface area contributed by atoms with Crippen molar-refractivity contribution < 1.29 is 75.4 Å². The van der Waals surface area contributed by atoms with Gasteiger partial charge < -0.3 is 29.9 Å².